The van der Waals surface area contributed by atoms with Gasteiger partial charge in [0, 0.05) is 23.1 Å². The summed E-state index contributed by atoms with van der Waals surface area (Å²) in [6, 6.07) is 1.42. The molecule has 3 saturated carbocycles. The van der Waals surface area contributed by atoms with E-state index in [1.165, 1.54) is 10.7 Å². The van der Waals surface area contributed by atoms with Gasteiger partial charge in [0.05, 0.1) is 6.61 Å². The number of ether oxygens (including phenoxy) is 2. The molecule has 4 rings (SSSR count). The second-order valence-electron chi connectivity index (χ2n) is 11.3. The first-order chi connectivity index (χ1) is 15.2. The first-order valence-corrected chi connectivity index (χ1v) is 11.8. The summed E-state index contributed by atoms with van der Waals surface area (Å²) < 4.78 is 12.4. The average Bonchev–Trinajstić information content (AvgIpc) is 3.14. The Kier molecular flexibility index (Phi) is 6.82. The molecule has 184 valence electrons. The lowest BCUT2D eigenvalue weighted by Gasteiger charge is -2.47. The van der Waals surface area contributed by atoms with Gasteiger partial charge in [0.1, 0.15) is 23.6 Å². The third-order valence-corrected chi connectivity index (χ3v) is 6.01. The van der Waals surface area contributed by atoms with Gasteiger partial charge < -0.3 is 20.1 Å². The van der Waals surface area contributed by atoms with Crippen LogP contribution >= 0.6 is 0 Å². The van der Waals surface area contributed by atoms with Crippen molar-refractivity contribution in [1.82, 2.24) is 20.4 Å². The molecule has 2 amide bonds. The van der Waals surface area contributed by atoms with Crippen LogP contribution in [0, 0.1) is 5.92 Å². The van der Waals surface area contributed by atoms with Crippen molar-refractivity contribution in [1.29, 1.82) is 0 Å². The van der Waals surface area contributed by atoms with Gasteiger partial charge in [-0.1, -0.05) is 27.7 Å². The molecule has 2 N–H and O–H groups in total. The van der Waals surface area contributed by atoms with Crippen LogP contribution in [0.5, 0.6) is 5.75 Å². The Bertz CT molecular complexity index is 955. The lowest BCUT2D eigenvalue weighted by atomic mass is 9.71. The van der Waals surface area contributed by atoms with Crippen LogP contribution in [0.1, 0.15) is 85.8 Å². The third-order valence-electron chi connectivity index (χ3n) is 6.01. The SMILES string of the molecule is CC(C)COc1cc(=O)n(CC(=O)NC23CCC(NC(=O)OC(C)(C)C)(C2)C3)nc1C(C)C. The Labute approximate surface area is 195 Å². The highest BCUT2D eigenvalue weighted by Gasteiger charge is 2.62. The topological polar surface area (TPSA) is 112 Å². The van der Waals surface area contributed by atoms with Crippen molar-refractivity contribution in [2.24, 2.45) is 5.92 Å². The maximum absolute atomic E-state index is 12.8. The van der Waals surface area contributed by atoms with Crippen molar-refractivity contribution in [3.8, 4) is 5.75 Å². The molecule has 0 unspecified atom stereocenters. The molecule has 2 bridgehead atoms. The van der Waals surface area contributed by atoms with Crippen LogP contribution in [-0.4, -0.2) is 45.1 Å². The third kappa shape index (κ3) is 6.06. The Hall–Kier alpha value is -2.58. The molecule has 0 aromatic carbocycles. The molecule has 0 saturated heterocycles. The minimum atomic E-state index is -0.557. The van der Waals surface area contributed by atoms with Crippen LogP contribution in [-0.2, 0) is 16.1 Å². The van der Waals surface area contributed by atoms with Gasteiger partial charge in [-0.3, -0.25) is 9.59 Å². The van der Waals surface area contributed by atoms with Crippen molar-refractivity contribution >= 4 is 12.0 Å². The number of carbonyl (C=O) groups is 2. The summed E-state index contributed by atoms with van der Waals surface area (Å²) in [5.74, 6) is 0.583. The Morgan fingerprint density at radius 1 is 1.12 bits per heavy atom. The number of carbonyl (C=O) groups excluding carboxylic acids is 2. The van der Waals surface area contributed by atoms with Crippen molar-refractivity contribution < 1.29 is 19.1 Å². The molecule has 0 radical (unpaired) electrons. The van der Waals surface area contributed by atoms with E-state index in [1.807, 2.05) is 48.5 Å². The molecule has 0 spiro atoms. The number of rotatable bonds is 8. The molecule has 1 aromatic rings. The van der Waals surface area contributed by atoms with Crippen LogP contribution in [0.15, 0.2) is 10.9 Å². The number of amides is 2. The van der Waals surface area contributed by atoms with E-state index in [1.54, 1.807) is 0 Å². The summed E-state index contributed by atoms with van der Waals surface area (Å²) in [5, 5.41) is 10.5. The number of alkyl carbamates (subject to hydrolysis) is 1. The van der Waals surface area contributed by atoms with Crippen molar-refractivity contribution in [3.63, 3.8) is 0 Å². The molecule has 3 fully saturated rings. The van der Waals surface area contributed by atoms with E-state index >= 15 is 0 Å². The van der Waals surface area contributed by atoms with Crippen molar-refractivity contribution in [2.75, 3.05) is 6.61 Å². The minimum Gasteiger partial charge on any atom is -0.491 e. The van der Waals surface area contributed by atoms with Crippen LogP contribution in [0.2, 0.25) is 0 Å². The average molecular weight is 463 g/mol. The smallest absolute Gasteiger partial charge is 0.408 e. The number of aromatic nitrogens is 2. The van der Waals surface area contributed by atoms with Gasteiger partial charge in [-0.15, -0.1) is 0 Å². The quantitative estimate of drug-likeness (QED) is 0.614. The summed E-state index contributed by atoms with van der Waals surface area (Å²) in [5.41, 5.74) is -0.946. The molecule has 0 atom stereocenters. The van der Waals surface area contributed by atoms with E-state index in [-0.39, 0.29) is 35.0 Å². The number of hydrogen-bond donors (Lipinski definition) is 2. The Morgan fingerprint density at radius 3 is 2.27 bits per heavy atom. The predicted molar refractivity (Wildman–Crippen MR) is 124 cm³/mol. The molecule has 33 heavy (non-hydrogen) atoms. The Balaban J connectivity index is 1.61. The zero-order valence-corrected chi connectivity index (χ0v) is 20.9. The zero-order valence-electron chi connectivity index (χ0n) is 20.9. The van der Waals surface area contributed by atoms with Gasteiger partial charge in [-0.2, -0.15) is 5.10 Å². The van der Waals surface area contributed by atoms with E-state index in [0.29, 0.717) is 36.8 Å². The second kappa shape index (κ2) is 8.99. The molecule has 9 nitrogen and oxygen atoms in total. The van der Waals surface area contributed by atoms with Gasteiger partial charge in [-0.25, -0.2) is 9.48 Å². The lowest BCUT2D eigenvalue weighted by molar-refractivity contribution is -0.125. The zero-order chi connectivity index (χ0) is 24.6. The molecule has 9 heteroatoms. The summed E-state index contributed by atoms with van der Waals surface area (Å²) >= 11 is 0. The predicted octanol–water partition coefficient (Wildman–Crippen LogP) is 3.11. The van der Waals surface area contributed by atoms with Crippen LogP contribution < -0.4 is 20.9 Å². The van der Waals surface area contributed by atoms with E-state index < -0.39 is 11.7 Å². The highest BCUT2D eigenvalue weighted by Crippen LogP contribution is 2.55. The monoisotopic (exact) mass is 462 g/mol. The lowest BCUT2D eigenvalue weighted by Crippen LogP contribution is -2.65. The molecule has 1 heterocycles. The molecule has 0 aliphatic heterocycles. The number of hydrogen-bond acceptors (Lipinski definition) is 6. The maximum atomic E-state index is 12.8. The first kappa shape index (κ1) is 25.1. The van der Waals surface area contributed by atoms with E-state index in [0.717, 1.165) is 12.8 Å². The minimum absolute atomic E-state index is 0.0432. The normalized spacial score (nSPS) is 23.9. The fraction of sp³-hybridized carbons (Fsp3) is 0.750. The molecule has 1 aromatic heterocycles. The van der Waals surface area contributed by atoms with Crippen LogP contribution in [0.25, 0.3) is 0 Å². The van der Waals surface area contributed by atoms with E-state index in [9.17, 15) is 14.4 Å². The van der Waals surface area contributed by atoms with Gasteiger partial charge in [0.2, 0.25) is 5.91 Å². The number of nitrogens with one attached hydrogen (secondary N) is 2. The summed E-state index contributed by atoms with van der Waals surface area (Å²) in [4.78, 5) is 37.5. The highest BCUT2D eigenvalue weighted by atomic mass is 16.6. The fourth-order valence-corrected chi connectivity index (χ4v) is 4.74. The second-order valence-corrected chi connectivity index (χ2v) is 11.3. The maximum Gasteiger partial charge on any atom is 0.408 e. The van der Waals surface area contributed by atoms with Crippen molar-refractivity contribution in [3.05, 3.63) is 22.1 Å². The summed E-state index contributed by atoms with van der Waals surface area (Å²) in [6.07, 6.45) is 2.44. The summed E-state index contributed by atoms with van der Waals surface area (Å²) in [6.45, 7) is 13.8. The van der Waals surface area contributed by atoms with Crippen LogP contribution in [0.4, 0.5) is 4.79 Å². The van der Waals surface area contributed by atoms with E-state index in [2.05, 4.69) is 15.7 Å². The molecule has 3 aliphatic carbocycles. The Morgan fingerprint density at radius 2 is 1.73 bits per heavy atom. The largest absolute Gasteiger partial charge is 0.491 e. The van der Waals surface area contributed by atoms with E-state index in [4.69, 9.17) is 9.47 Å². The number of nitrogens with zero attached hydrogens (tertiary/aromatic N) is 2. The number of fused-ring (bicyclic) bond motifs is 1. The van der Waals surface area contributed by atoms with Gasteiger partial charge in [-0.05, 0) is 52.4 Å². The molecule has 3 aliphatic rings. The highest BCUT2D eigenvalue weighted by molar-refractivity contribution is 5.77. The van der Waals surface area contributed by atoms with Gasteiger partial charge in [0.15, 0.2) is 0 Å². The molecular weight excluding hydrogens is 424 g/mol. The van der Waals surface area contributed by atoms with Crippen LogP contribution in [0.3, 0.4) is 0 Å². The molecular formula is C24H38N4O5. The van der Waals surface area contributed by atoms with Gasteiger partial charge in [0.25, 0.3) is 5.56 Å². The van der Waals surface area contributed by atoms with Crippen molar-refractivity contribution in [2.45, 2.75) is 103 Å². The summed E-state index contributed by atoms with van der Waals surface area (Å²) in [7, 11) is 0. The first-order valence-electron chi connectivity index (χ1n) is 11.8. The fourth-order valence-electron chi connectivity index (χ4n) is 4.74. The van der Waals surface area contributed by atoms with Gasteiger partial charge >= 0.3 is 6.09 Å². The standard InChI is InChI=1S/C24H38N4O5/c1-15(2)12-32-17-10-19(30)28(27-20(17)16(3)4)11-18(29)25-23-8-9-24(13-23,14-23)26-21(31)33-22(5,6)7/h10,15-16H,8-9,11-14H2,1-7H3,(H,25,29)(H,26,31).